The van der Waals surface area contributed by atoms with Gasteiger partial charge >= 0.3 is 6.18 Å². The number of alkyl halides is 3. The Morgan fingerprint density at radius 3 is 2.24 bits per heavy atom. The highest BCUT2D eigenvalue weighted by Crippen LogP contribution is 2.34. The number of H-pyrrole nitrogens is 1. The summed E-state index contributed by atoms with van der Waals surface area (Å²) < 4.78 is 38.3. The van der Waals surface area contributed by atoms with Gasteiger partial charge in [-0.15, -0.1) is 0 Å². The van der Waals surface area contributed by atoms with Crippen LogP contribution in [0, 0.1) is 0 Å². The van der Waals surface area contributed by atoms with Crippen molar-refractivity contribution in [2.45, 2.75) is 6.18 Å². The molecule has 0 bridgehead atoms. The molecule has 5 heteroatoms. The van der Waals surface area contributed by atoms with Crippen LogP contribution >= 0.6 is 0 Å². The molecule has 0 fully saturated rings. The maximum Gasteiger partial charge on any atom is 0.417 e. The molecule has 0 aliphatic heterocycles. The summed E-state index contributed by atoms with van der Waals surface area (Å²) in [6.45, 7) is 0. The first kappa shape index (κ1) is 11.4. The first-order valence-electron chi connectivity index (χ1n) is 4.84. The first-order valence-corrected chi connectivity index (χ1v) is 4.84. The summed E-state index contributed by atoms with van der Waals surface area (Å²) >= 11 is 0. The average Bonchev–Trinajstić information content (AvgIpc) is 2.28. The van der Waals surface area contributed by atoms with Crippen molar-refractivity contribution < 1.29 is 13.2 Å². The second-order valence-corrected chi connectivity index (χ2v) is 3.46. The van der Waals surface area contributed by atoms with Gasteiger partial charge in [-0.1, -0.05) is 30.3 Å². The van der Waals surface area contributed by atoms with Crippen molar-refractivity contribution >= 4 is 0 Å². The number of aromatic nitrogens is 1. The van der Waals surface area contributed by atoms with Crippen LogP contribution in [0.5, 0.6) is 0 Å². The molecular formula is C12H8F3NO. The van der Waals surface area contributed by atoms with E-state index < -0.39 is 17.3 Å². The Balaban J connectivity index is 2.73. The molecule has 1 aromatic carbocycles. The number of benzene rings is 1. The molecule has 0 radical (unpaired) electrons. The van der Waals surface area contributed by atoms with Crippen LogP contribution in [-0.4, -0.2) is 4.98 Å². The SMILES string of the molecule is O=c1[nH]ccc(C(F)(F)F)c1-c1ccccc1. The van der Waals surface area contributed by atoms with Crippen molar-refractivity contribution in [3.05, 3.63) is 58.5 Å². The normalized spacial score (nSPS) is 11.5. The van der Waals surface area contributed by atoms with Gasteiger partial charge in [-0.3, -0.25) is 4.79 Å². The molecule has 88 valence electrons. The lowest BCUT2D eigenvalue weighted by Gasteiger charge is -2.11. The van der Waals surface area contributed by atoms with E-state index in [1.54, 1.807) is 18.2 Å². The van der Waals surface area contributed by atoms with Crippen LogP contribution in [0.15, 0.2) is 47.4 Å². The van der Waals surface area contributed by atoms with Crippen LogP contribution in [-0.2, 0) is 6.18 Å². The minimum absolute atomic E-state index is 0.252. The summed E-state index contributed by atoms with van der Waals surface area (Å²) in [7, 11) is 0. The summed E-state index contributed by atoms with van der Waals surface area (Å²) in [5.41, 5.74) is -1.76. The molecule has 1 N–H and O–H groups in total. The quantitative estimate of drug-likeness (QED) is 0.815. The number of aromatic amines is 1. The third-order valence-corrected chi connectivity index (χ3v) is 2.33. The zero-order chi connectivity index (χ0) is 12.5. The molecule has 1 heterocycles. The Bertz CT molecular complexity index is 572. The maximum absolute atomic E-state index is 12.8. The Hall–Kier alpha value is -2.04. The van der Waals surface area contributed by atoms with Crippen molar-refractivity contribution in [3.63, 3.8) is 0 Å². The Morgan fingerprint density at radius 1 is 1.00 bits per heavy atom. The highest BCUT2D eigenvalue weighted by atomic mass is 19.4. The van der Waals surface area contributed by atoms with E-state index in [1.807, 2.05) is 0 Å². The van der Waals surface area contributed by atoms with Crippen LogP contribution in [0.25, 0.3) is 11.1 Å². The summed E-state index contributed by atoms with van der Waals surface area (Å²) in [4.78, 5) is 13.8. The molecule has 0 saturated carbocycles. The molecule has 2 rings (SSSR count). The first-order chi connectivity index (χ1) is 8.00. The minimum atomic E-state index is -4.54. The third-order valence-electron chi connectivity index (χ3n) is 2.33. The topological polar surface area (TPSA) is 32.9 Å². The highest BCUT2D eigenvalue weighted by molar-refractivity contribution is 5.66. The van der Waals surface area contributed by atoms with Crippen LogP contribution in [0.1, 0.15) is 5.56 Å². The maximum atomic E-state index is 12.8. The smallest absolute Gasteiger partial charge is 0.329 e. The van der Waals surface area contributed by atoms with E-state index in [0.717, 1.165) is 12.3 Å². The second-order valence-electron chi connectivity index (χ2n) is 3.46. The zero-order valence-corrected chi connectivity index (χ0v) is 8.58. The van der Waals surface area contributed by atoms with E-state index in [4.69, 9.17) is 0 Å². The molecule has 0 saturated heterocycles. The molecule has 0 amide bonds. The predicted octanol–water partition coefficient (Wildman–Crippen LogP) is 3.06. The fourth-order valence-corrected chi connectivity index (χ4v) is 1.61. The van der Waals surface area contributed by atoms with Crippen molar-refractivity contribution in [1.82, 2.24) is 4.98 Å². The summed E-state index contributed by atoms with van der Waals surface area (Å²) in [5.74, 6) is 0. The number of halogens is 3. The number of pyridine rings is 1. The summed E-state index contributed by atoms with van der Waals surface area (Å²) in [6.07, 6.45) is -3.54. The van der Waals surface area contributed by atoms with Crippen LogP contribution in [0.2, 0.25) is 0 Å². The number of hydrogen-bond donors (Lipinski definition) is 1. The molecule has 2 nitrogen and oxygen atoms in total. The van der Waals surface area contributed by atoms with Gasteiger partial charge < -0.3 is 4.98 Å². The molecule has 17 heavy (non-hydrogen) atoms. The molecular weight excluding hydrogens is 231 g/mol. The fraction of sp³-hybridized carbons (Fsp3) is 0.0833. The van der Waals surface area contributed by atoms with E-state index >= 15 is 0 Å². The lowest BCUT2D eigenvalue weighted by atomic mass is 10.0. The van der Waals surface area contributed by atoms with Gasteiger partial charge in [0.15, 0.2) is 0 Å². The van der Waals surface area contributed by atoms with Crippen LogP contribution < -0.4 is 5.56 Å². The van der Waals surface area contributed by atoms with E-state index in [9.17, 15) is 18.0 Å². The van der Waals surface area contributed by atoms with Gasteiger partial charge in [-0.25, -0.2) is 0 Å². The summed E-state index contributed by atoms with van der Waals surface area (Å²) in [5, 5.41) is 0. The monoisotopic (exact) mass is 239 g/mol. The fourth-order valence-electron chi connectivity index (χ4n) is 1.61. The van der Waals surface area contributed by atoms with Crippen LogP contribution in [0.3, 0.4) is 0 Å². The van der Waals surface area contributed by atoms with Gasteiger partial charge in [0.25, 0.3) is 5.56 Å². The number of hydrogen-bond acceptors (Lipinski definition) is 1. The molecule has 0 spiro atoms. The van der Waals surface area contributed by atoms with Crippen molar-refractivity contribution in [1.29, 1.82) is 0 Å². The molecule has 0 unspecified atom stereocenters. The predicted molar refractivity (Wildman–Crippen MR) is 57.5 cm³/mol. The zero-order valence-electron chi connectivity index (χ0n) is 8.58. The van der Waals surface area contributed by atoms with E-state index in [-0.39, 0.29) is 11.1 Å². The van der Waals surface area contributed by atoms with Gasteiger partial charge in [-0.05, 0) is 11.6 Å². The lowest BCUT2D eigenvalue weighted by Crippen LogP contribution is -2.17. The lowest BCUT2D eigenvalue weighted by molar-refractivity contribution is -0.137. The molecule has 0 aliphatic rings. The third kappa shape index (κ3) is 2.22. The van der Waals surface area contributed by atoms with E-state index in [0.29, 0.717) is 0 Å². The van der Waals surface area contributed by atoms with E-state index in [1.165, 1.54) is 12.1 Å². The Labute approximate surface area is 94.7 Å². The molecule has 0 atom stereocenters. The molecule has 2 aromatic rings. The van der Waals surface area contributed by atoms with Crippen molar-refractivity contribution in [3.8, 4) is 11.1 Å². The number of nitrogens with one attached hydrogen (secondary N) is 1. The molecule has 0 aliphatic carbocycles. The minimum Gasteiger partial charge on any atom is -0.329 e. The van der Waals surface area contributed by atoms with Crippen molar-refractivity contribution in [2.24, 2.45) is 0 Å². The number of rotatable bonds is 1. The average molecular weight is 239 g/mol. The molecule has 1 aromatic heterocycles. The van der Waals surface area contributed by atoms with Crippen LogP contribution in [0.4, 0.5) is 13.2 Å². The Kier molecular flexibility index (Phi) is 2.75. The second kappa shape index (κ2) is 4.08. The largest absolute Gasteiger partial charge is 0.417 e. The van der Waals surface area contributed by atoms with Gasteiger partial charge in [0.1, 0.15) is 0 Å². The van der Waals surface area contributed by atoms with Gasteiger partial charge in [0.2, 0.25) is 0 Å². The van der Waals surface area contributed by atoms with Crippen molar-refractivity contribution in [2.75, 3.05) is 0 Å². The van der Waals surface area contributed by atoms with E-state index in [2.05, 4.69) is 4.98 Å². The van der Waals surface area contributed by atoms with Gasteiger partial charge in [-0.2, -0.15) is 13.2 Å². The van der Waals surface area contributed by atoms with Gasteiger partial charge in [0.05, 0.1) is 11.1 Å². The Morgan fingerprint density at radius 2 is 1.65 bits per heavy atom. The highest BCUT2D eigenvalue weighted by Gasteiger charge is 2.34. The van der Waals surface area contributed by atoms with Gasteiger partial charge in [0, 0.05) is 6.20 Å². The standard InChI is InChI=1S/C12H8F3NO/c13-12(14,15)9-6-7-16-11(17)10(9)8-4-2-1-3-5-8/h1-7H,(H,16,17). The summed E-state index contributed by atoms with van der Waals surface area (Å²) in [6, 6.07) is 8.65.